The minimum Gasteiger partial charge on any atom is -0.507 e. The van der Waals surface area contributed by atoms with Crippen LogP contribution in [0.25, 0.3) is 0 Å². The van der Waals surface area contributed by atoms with Gasteiger partial charge in [-0.05, 0) is 183 Å². The average molecular weight is 1470 g/mol. The second kappa shape index (κ2) is 40.8. The van der Waals surface area contributed by atoms with Gasteiger partial charge in [-0.25, -0.2) is 18.2 Å². The molecular formula is C63H94Cl5N2O16P2S3+. The number of hydrogen-bond acceptors (Lipinski definition) is 16. The molecule has 3 aliphatic carbocycles. The van der Waals surface area contributed by atoms with Crippen LogP contribution >= 0.6 is 70.8 Å². The van der Waals surface area contributed by atoms with E-state index in [1.54, 1.807) is 0 Å². The lowest BCUT2D eigenvalue weighted by Gasteiger charge is -2.32. The summed E-state index contributed by atoms with van der Waals surface area (Å²) in [6.07, 6.45) is 20.0. The third-order valence-electron chi connectivity index (χ3n) is 16.2. The van der Waals surface area contributed by atoms with E-state index in [2.05, 4.69) is 41.1 Å². The number of aromatic hydroxyl groups is 6. The topological polar surface area (TPSA) is 343 Å². The summed E-state index contributed by atoms with van der Waals surface area (Å²) in [6.45, 7) is 29.9. The molecule has 0 heterocycles. The Labute approximate surface area is 568 Å². The Kier molecular flexibility index (Phi) is 37.5. The highest BCUT2D eigenvalue weighted by molar-refractivity contribution is 8.20. The second-order valence-electron chi connectivity index (χ2n) is 23.1. The lowest BCUT2D eigenvalue weighted by atomic mass is 9.73. The summed E-state index contributed by atoms with van der Waals surface area (Å²) in [5.41, 5.74) is 7.58. The lowest BCUT2D eigenvalue weighted by Crippen LogP contribution is -2.19. The van der Waals surface area contributed by atoms with Crippen molar-refractivity contribution >= 4 is 100 Å². The van der Waals surface area contributed by atoms with Crippen LogP contribution < -0.4 is 11.1 Å². The highest BCUT2D eigenvalue weighted by Crippen LogP contribution is 2.53. The van der Waals surface area contributed by atoms with Crippen LogP contribution in [-0.4, -0.2) is 66.6 Å². The van der Waals surface area contributed by atoms with E-state index in [1.807, 2.05) is 80.5 Å². The van der Waals surface area contributed by atoms with E-state index in [9.17, 15) is 60.4 Å². The van der Waals surface area contributed by atoms with Gasteiger partial charge in [-0.2, -0.15) is 27.0 Å². The molecule has 3 aromatic rings. The monoisotopic (exact) mass is 1470 g/mol. The van der Waals surface area contributed by atoms with Gasteiger partial charge in [0.05, 0.1) is 0 Å². The number of benzene rings is 3. The van der Waals surface area contributed by atoms with Crippen molar-refractivity contribution in [3.63, 3.8) is 0 Å². The van der Waals surface area contributed by atoms with Crippen molar-refractivity contribution in [3.8, 4) is 34.5 Å². The third kappa shape index (κ3) is 25.6. The first-order valence-corrected chi connectivity index (χ1v) is 40.1. The zero-order valence-corrected chi connectivity index (χ0v) is 61.3. The molecule has 0 spiro atoms. The minimum atomic E-state index is -4.63. The molecule has 28 heteroatoms. The molecule has 18 nitrogen and oxygen atoms in total. The van der Waals surface area contributed by atoms with Crippen LogP contribution in [0.3, 0.4) is 0 Å². The summed E-state index contributed by atoms with van der Waals surface area (Å²) in [5.74, 6) is -0.658. The number of aryl methyl sites for hydroxylation is 3. The predicted molar refractivity (Wildman–Crippen MR) is 372 cm³/mol. The number of unbranched alkanes of at least 4 members (excludes halogenated alkanes) is 6. The highest BCUT2D eigenvalue weighted by Gasteiger charge is 2.38. The highest BCUT2D eigenvalue weighted by atomic mass is 36.0. The molecule has 514 valence electrons. The van der Waals surface area contributed by atoms with Crippen molar-refractivity contribution in [1.82, 2.24) is 0 Å². The number of halogens is 5. The first-order chi connectivity index (χ1) is 42.7. The van der Waals surface area contributed by atoms with E-state index < -0.39 is 66.0 Å². The molecule has 0 aromatic heterocycles. The average Bonchev–Trinajstić information content (AvgIpc) is 0.776. The summed E-state index contributed by atoms with van der Waals surface area (Å²) in [6, 6.07) is 4.25. The standard InChI is InChI=1S/C21H29ClO4S.C21H31NO5S.C21H30O5S.Cl3P.ClH2N.HO2P/c1-5-6-7-8-15-12-18(23)19(20(24)21(15)27(22,25)26)17-11-14(4)9-10-16(17)13(2)3;1-5-6-7-8-15-12-18(23)19(20(24)21(15)28(25,26)27-22)17-11-14(4)9-10-16(17)13(2)3;1-5-6-7-8-15-12-18(22)19(20(23)21(15)27(24,25)26)17-11-14(4)9-10-16(17)13(2)3;1-4(2)3;1-2;1-3-2/h11-12,16-17,23-24H,2,5-10H2,1,3-4H3;11-12,16-17,23-24H,2,5-10,22H2,1,3-4H3;11-12,16-17,22-23H,2,5-10H2,1,3-4H3,(H,24,25,26);;2H2;(H,1,2)/p+1/t3*16-,17+;;;/m000.../s1/i/hD. The summed E-state index contributed by atoms with van der Waals surface area (Å²) in [5, 5.41) is 68.8. The Morgan fingerprint density at radius 3 is 1.08 bits per heavy atom. The zero-order chi connectivity index (χ0) is 71.0. The fraction of sp³-hybridized carbons (Fsp3) is 0.524. The number of nitrogens with two attached hydrogens (primary N) is 2. The van der Waals surface area contributed by atoms with Gasteiger partial charge in [-0.15, -0.1) is 0 Å². The molecule has 3 aliphatic rings. The number of phenols is 6. The van der Waals surface area contributed by atoms with Crippen molar-refractivity contribution in [2.24, 2.45) is 28.9 Å². The van der Waals surface area contributed by atoms with E-state index in [0.717, 1.165) is 123 Å². The molecule has 0 aliphatic heterocycles. The maximum absolute atomic E-state index is 12.5. The molecule has 0 bridgehead atoms. The van der Waals surface area contributed by atoms with Crippen molar-refractivity contribution in [2.75, 3.05) is 0 Å². The minimum absolute atomic E-state index is 0.0132. The van der Waals surface area contributed by atoms with Gasteiger partial charge >= 0.3 is 20.1 Å². The Morgan fingerprint density at radius 1 is 0.582 bits per heavy atom. The van der Waals surface area contributed by atoms with Crippen LogP contribution in [0.1, 0.15) is 210 Å². The molecule has 0 fully saturated rings. The third-order valence-corrected chi connectivity index (χ3v) is 19.8. The van der Waals surface area contributed by atoms with Crippen LogP contribution in [0.5, 0.6) is 34.5 Å². The predicted octanol–water partition coefficient (Wildman–Crippen LogP) is 18.2. The smallest absolute Gasteiger partial charge is 0.329 e. The summed E-state index contributed by atoms with van der Waals surface area (Å²) in [7, 11) is -8.31. The van der Waals surface area contributed by atoms with Crippen molar-refractivity contribution in [2.45, 2.75) is 210 Å². The van der Waals surface area contributed by atoms with Gasteiger partial charge in [0.1, 0.15) is 82.9 Å². The molecular weight excluding hydrogens is 1380 g/mol. The maximum atomic E-state index is 12.5. The molecule has 91 heavy (non-hydrogen) atoms. The SMILES string of the molecule is C=C(C)[C@@H]1CCC(C)=C[C@H]1c1c(O)cc(CCCCC)c(S(=O)(=O)Cl)c1O.C=C(C)[C@@H]1CCC(C)=C[C@H]1c1c(O)cc(CCCCC)c(S(=O)(=O)O)c1O.C=C(C)[C@@H]1CCC(C)=C[C@H]1c1c(O)cc(CCCCC)c(S(=O)(=O)ON)c1O.NCl.O=PO.[2H][P+](Cl)(Cl)Cl. The van der Waals surface area contributed by atoms with Gasteiger partial charge in [-0.3, -0.25) is 4.55 Å². The molecule has 0 saturated carbocycles. The van der Waals surface area contributed by atoms with Crippen LogP contribution in [0.4, 0.5) is 0 Å². The van der Waals surface area contributed by atoms with Crippen molar-refractivity contribution in [1.29, 1.82) is 1.28 Å². The van der Waals surface area contributed by atoms with Gasteiger partial charge in [0, 0.05) is 45.1 Å². The normalized spacial score (nSPS) is 19.2. The number of hydrogen-bond donors (Lipinski definition) is 10. The second-order valence-corrected chi connectivity index (χ2v) is 33.7. The summed E-state index contributed by atoms with van der Waals surface area (Å²) < 4.78 is 102. The van der Waals surface area contributed by atoms with Crippen molar-refractivity contribution < 1.29 is 74.2 Å². The Hall–Kier alpha value is -3.47. The van der Waals surface area contributed by atoms with Crippen molar-refractivity contribution in [3.05, 3.63) is 123 Å². The Balaban J connectivity index is 0.000000641. The van der Waals surface area contributed by atoms with Crippen LogP contribution in [0, 0.1) is 17.8 Å². The van der Waals surface area contributed by atoms with Gasteiger partial charge in [0.2, 0.25) is 0 Å². The Morgan fingerprint density at radius 2 is 0.835 bits per heavy atom. The van der Waals surface area contributed by atoms with Gasteiger partial charge in [-0.1, -0.05) is 131 Å². The van der Waals surface area contributed by atoms with Gasteiger partial charge in [0.15, 0.2) is 0 Å². The maximum Gasteiger partial charge on any atom is 0.329 e. The lowest BCUT2D eigenvalue weighted by molar-refractivity contribution is 0.327. The number of allylic oxidation sites excluding steroid dienone is 9. The van der Waals surface area contributed by atoms with Crippen LogP contribution in [0.15, 0.2) is 104 Å². The number of rotatable bonds is 22. The molecule has 3 aromatic carbocycles. The molecule has 0 saturated heterocycles. The number of phenolic OH excluding ortho intramolecular Hbond substituents is 6. The quantitative estimate of drug-likeness (QED) is 0.00849. The molecule has 6 rings (SSSR count). The Bertz CT molecular complexity index is 3330. The molecule has 6 atom stereocenters. The first kappa shape index (κ1) is 83.6. The fourth-order valence-electron chi connectivity index (χ4n) is 12.0. The van der Waals surface area contributed by atoms with Gasteiger partial charge < -0.3 is 35.5 Å². The first-order valence-electron chi connectivity index (χ1n) is 30.1. The summed E-state index contributed by atoms with van der Waals surface area (Å²) in [4.78, 5) is 5.88. The summed E-state index contributed by atoms with van der Waals surface area (Å²) >= 11 is 18.7. The van der Waals surface area contributed by atoms with E-state index in [-0.39, 0.29) is 84.8 Å². The van der Waals surface area contributed by atoms with E-state index in [1.165, 1.54) is 18.2 Å². The van der Waals surface area contributed by atoms with Crippen LogP contribution in [0.2, 0.25) is 0 Å². The molecule has 12 N–H and O–H groups in total. The van der Waals surface area contributed by atoms with Crippen LogP contribution in [-0.2, 0) is 57.4 Å². The van der Waals surface area contributed by atoms with E-state index >= 15 is 0 Å². The largest absolute Gasteiger partial charge is 0.507 e. The molecule has 0 radical (unpaired) electrons. The van der Waals surface area contributed by atoms with Gasteiger partial charge in [0.25, 0.3) is 25.1 Å². The van der Waals surface area contributed by atoms with E-state index in [0.29, 0.717) is 36.8 Å². The molecule has 0 amide bonds. The van der Waals surface area contributed by atoms with E-state index in [4.69, 9.17) is 61.0 Å². The zero-order valence-electron chi connectivity index (χ0n) is 54.3. The molecule has 0 unspecified atom stereocenters. The fourth-order valence-corrected chi connectivity index (χ4v) is 15.1.